The molecule has 41 heavy (non-hydrogen) atoms. The number of furan rings is 1. The Morgan fingerprint density at radius 3 is 2.05 bits per heavy atom. The van der Waals surface area contributed by atoms with Gasteiger partial charge in [0.1, 0.15) is 15.8 Å². The Hall–Kier alpha value is -2.71. The van der Waals surface area contributed by atoms with E-state index in [0.717, 1.165) is 36.6 Å². The molecule has 0 aliphatic carbocycles. The number of rotatable bonds is 19. The van der Waals surface area contributed by atoms with Crippen LogP contribution in [0.4, 0.5) is 0 Å². The Labute approximate surface area is 254 Å². The predicted molar refractivity (Wildman–Crippen MR) is 170 cm³/mol. The molecule has 0 bridgehead atoms. The molecule has 1 aromatic carbocycles. The number of thioether (sulfide) groups is 1. The van der Waals surface area contributed by atoms with E-state index in [1.54, 1.807) is 12.1 Å². The first-order valence-electron chi connectivity index (χ1n) is 15.1. The van der Waals surface area contributed by atoms with Gasteiger partial charge in [-0.15, -0.1) is 0 Å². The van der Waals surface area contributed by atoms with Crippen molar-refractivity contribution in [1.82, 2.24) is 4.90 Å². The first-order valence-corrected chi connectivity index (χ1v) is 16.3. The van der Waals surface area contributed by atoms with E-state index in [-0.39, 0.29) is 25.3 Å². The van der Waals surface area contributed by atoms with E-state index in [9.17, 15) is 14.4 Å². The summed E-state index contributed by atoms with van der Waals surface area (Å²) in [5, 5.41) is 0. The fourth-order valence-electron chi connectivity index (χ4n) is 4.73. The summed E-state index contributed by atoms with van der Waals surface area (Å²) in [7, 11) is 0. The van der Waals surface area contributed by atoms with Crippen molar-refractivity contribution in [3.05, 3.63) is 53.1 Å². The molecule has 1 aliphatic rings. The molecule has 1 fully saturated rings. The molecule has 1 saturated heterocycles. The van der Waals surface area contributed by atoms with Crippen LogP contribution in [-0.4, -0.2) is 33.6 Å². The second-order valence-corrected chi connectivity index (χ2v) is 12.2. The maximum absolute atomic E-state index is 12.9. The summed E-state index contributed by atoms with van der Waals surface area (Å²) in [6.45, 7) is 2.32. The maximum atomic E-state index is 12.9. The van der Waals surface area contributed by atoms with E-state index in [0.29, 0.717) is 20.7 Å². The molecule has 1 aromatic heterocycles. The predicted octanol–water partition coefficient (Wildman–Crippen LogP) is 9.09. The number of benzene rings is 1. The molecule has 222 valence electrons. The molecule has 0 N–H and O–H groups in total. The van der Waals surface area contributed by atoms with E-state index in [4.69, 9.17) is 21.4 Å². The molecule has 0 radical (unpaired) electrons. The number of nitrogens with zero attached hydrogens (tertiary/aromatic N) is 1. The van der Waals surface area contributed by atoms with Gasteiger partial charge in [0.2, 0.25) is 0 Å². The molecule has 1 aliphatic heterocycles. The SMILES string of the molecule is CCCCCCCCCCCCCCCC(=O)OC(=O)CCN1C(=O)C(=Cc2ccc(-c3ccccc3)o2)SC1=S. The normalized spacial score (nSPS) is 14.3. The second-order valence-electron chi connectivity index (χ2n) is 10.5. The second kappa shape index (κ2) is 18.7. The standard InChI is InChI=1S/C33H43NO5S2/c1-2-3-4-5-6-7-8-9-10-11-12-13-17-20-30(35)39-31(36)23-24-34-32(37)29(41-33(34)40)25-27-21-22-28(38-27)26-18-15-14-16-19-26/h14-16,18-19,21-22,25H,2-13,17,20,23-24H2,1H3. The lowest BCUT2D eigenvalue weighted by Crippen LogP contribution is -2.31. The van der Waals surface area contributed by atoms with Gasteiger partial charge in [-0.05, 0) is 18.6 Å². The van der Waals surface area contributed by atoms with E-state index >= 15 is 0 Å². The monoisotopic (exact) mass is 597 g/mol. The zero-order chi connectivity index (χ0) is 29.3. The molecule has 2 aromatic rings. The molecule has 0 unspecified atom stereocenters. The van der Waals surface area contributed by atoms with Crippen LogP contribution in [0.25, 0.3) is 17.4 Å². The minimum Gasteiger partial charge on any atom is -0.457 e. The Morgan fingerprint density at radius 2 is 1.41 bits per heavy atom. The number of carbonyl (C=O) groups excluding carboxylic acids is 3. The molecule has 6 nitrogen and oxygen atoms in total. The van der Waals surface area contributed by atoms with Crippen LogP contribution in [-0.2, 0) is 19.1 Å². The van der Waals surface area contributed by atoms with Gasteiger partial charge in [-0.3, -0.25) is 19.3 Å². The quantitative estimate of drug-likeness (QED) is 0.0525. The average Bonchev–Trinajstić information content (AvgIpc) is 3.54. The van der Waals surface area contributed by atoms with Crippen molar-refractivity contribution < 1.29 is 23.5 Å². The molecule has 2 heterocycles. The summed E-state index contributed by atoms with van der Waals surface area (Å²) in [4.78, 5) is 38.9. The van der Waals surface area contributed by atoms with Gasteiger partial charge in [-0.1, -0.05) is 138 Å². The van der Waals surface area contributed by atoms with Crippen LogP contribution >= 0.6 is 24.0 Å². The molecule has 0 saturated carbocycles. The lowest BCUT2D eigenvalue weighted by atomic mass is 10.0. The number of hydrogen-bond donors (Lipinski definition) is 0. The van der Waals surface area contributed by atoms with Gasteiger partial charge >= 0.3 is 11.9 Å². The number of hydrogen-bond acceptors (Lipinski definition) is 7. The van der Waals surface area contributed by atoms with Crippen LogP contribution < -0.4 is 0 Å². The topological polar surface area (TPSA) is 76.8 Å². The maximum Gasteiger partial charge on any atom is 0.315 e. The largest absolute Gasteiger partial charge is 0.457 e. The van der Waals surface area contributed by atoms with Crippen molar-refractivity contribution in [2.24, 2.45) is 0 Å². The van der Waals surface area contributed by atoms with Crippen molar-refractivity contribution in [2.45, 2.75) is 103 Å². The third kappa shape index (κ3) is 12.0. The molecule has 0 spiro atoms. The molecular weight excluding hydrogens is 554 g/mol. The summed E-state index contributed by atoms with van der Waals surface area (Å²) in [6.07, 6.45) is 17.8. The van der Waals surface area contributed by atoms with E-state index in [1.807, 2.05) is 36.4 Å². The number of carbonyl (C=O) groups is 3. The van der Waals surface area contributed by atoms with Crippen LogP contribution in [0.15, 0.2) is 51.8 Å². The van der Waals surface area contributed by atoms with Crippen LogP contribution in [0, 0.1) is 0 Å². The van der Waals surface area contributed by atoms with Crippen molar-refractivity contribution in [1.29, 1.82) is 0 Å². The van der Waals surface area contributed by atoms with Gasteiger partial charge < -0.3 is 9.15 Å². The number of thiocarbonyl (C=S) groups is 1. The Balaban J connectivity index is 1.26. The highest BCUT2D eigenvalue weighted by Crippen LogP contribution is 2.33. The Kier molecular flexibility index (Phi) is 14.9. The summed E-state index contributed by atoms with van der Waals surface area (Å²) in [6, 6.07) is 13.4. The third-order valence-corrected chi connectivity index (χ3v) is 8.46. The lowest BCUT2D eigenvalue weighted by Gasteiger charge is -2.13. The minimum absolute atomic E-state index is 0.0697. The lowest BCUT2D eigenvalue weighted by molar-refractivity contribution is -0.159. The van der Waals surface area contributed by atoms with Gasteiger partial charge in [-0.25, -0.2) is 0 Å². The average molecular weight is 598 g/mol. The third-order valence-electron chi connectivity index (χ3n) is 7.08. The number of esters is 2. The summed E-state index contributed by atoms with van der Waals surface area (Å²) >= 11 is 6.51. The first kappa shape index (κ1) is 32.8. The highest BCUT2D eigenvalue weighted by Gasteiger charge is 2.32. The van der Waals surface area contributed by atoms with Gasteiger partial charge in [0.05, 0.1) is 11.3 Å². The summed E-state index contributed by atoms with van der Waals surface area (Å²) in [5.74, 6) is -0.179. The molecule has 3 rings (SSSR count). The molecule has 0 atom stereocenters. The molecule has 1 amide bonds. The highest BCUT2D eigenvalue weighted by molar-refractivity contribution is 8.26. The smallest absolute Gasteiger partial charge is 0.315 e. The van der Waals surface area contributed by atoms with Gasteiger partial charge in [0, 0.05) is 24.6 Å². The highest BCUT2D eigenvalue weighted by atomic mass is 32.2. The van der Waals surface area contributed by atoms with Gasteiger partial charge in [0.15, 0.2) is 0 Å². The summed E-state index contributed by atoms with van der Waals surface area (Å²) < 4.78 is 11.2. The van der Waals surface area contributed by atoms with Crippen molar-refractivity contribution in [2.75, 3.05) is 6.54 Å². The van der Waals surface area contributed by atoms with Crippen LogP contribution in [0.2, 0.25) is 0 Å². The number of unbranched alkanes of at least 4 members (excludes halogenated alkanes) is 12. The fourth-order valence-corrected chi connectivity index (χ4v) is 6.02. The first-order chi connectivity index (χ1) is 20.0. The van der Waals surface area contributed by atoms with Crippen molar-refractivity contribution in [3.63, 3.8) is 0 Å². The van der Waals surface area contributed by atoms with Crippen molar-refractivity contribution in [3.8, 4) is 11.3 Å². The zero-order valence-corrected chi connectivity index (χ0v) is 25.9. The Morgan fingerprint density at radius 1 is 0.829 bits per heavy atom. The fraction of sp³-hybridized carbons (Fsp3) is 0.515. The van der Waals surface area contributed by atoms with E-state index in [2.05, 4.69) is 6.92 Å². The van der Waals surface area contributed by atoms with E-state index in [1.165, 1.54) is 69.1 Å². The van der Waals surface area contributed by atoms with Crippen LogP contribution in [0.3, 0.4) is 0 Å². The molecule has 8 heteroatoms. The minimum atomic E-state index is -0.638. The van der Waals surface area contributed by atoms with Gasteiger partial charge in [0.25, 0.3) is 5.91 Å². The van der Waals surface area contributed by atoms with Gasteiger partial charge in [-0.2, -0.15) is 0 Å². The number of amides is 1. The van der Waals surface area contributed by atoms with Crippen LogP contribution in [0.5, 0.6) is 0 Å². The zero-order valence-electron chi connectivity index (χ0n) is 24.2. The Bertz CT molecular complexity index is 1160. The van der Waals surface area contributed by atoms with Crippen LogP contribution in [0.1, 0.15) is 109 Å². The van der Waals surface area contributed by atoms with Crippen molar-refractivity contribution >= 4 is 52.2 Å². The van der Waals surface area contributed by atoms with E-state index < -0.39 is 11.9 Å². The summed E-state index contributed by atoms with van der Waals surface area (Å²) in [5.41, 5.74) is 0.946. The number of ether oxygens (including phenoxy) is 1. The molecular formula is C33H43NO5S2.